The minimum Gasteiger partial charge on any atom is -0.493 e. The van der Waals surface area contributed by atoms with Crippen LogP contribution in [0.25, 0.3) is 0 Å². The highest BCUT2D eigenvalue weighted by molar-refractivity contribution is 5.45. The van der Waals surface area contributed by atoms with Gasteiger partial charge in [-0.15, -0.1) is 0 Å². The molecule has 5 heteroatoms. The molecule has 1 aliphatic carbocycles. The number of likely N-dealkylation sites (tertiary alicyclic amines) is 1. The molecule has 1 saturated heterocycles. The van der Waals surface area contributed by atoms with Gasteiger partial charge in [0.2, 0.25) is 0 Å². The van der Waals surface area contributed by atoms with Gasteiger partial charge in [-0.25, -0.2) is 0 Å². The Morgan fingerprint density at radius 3 is 2.67 bits per heavy atom. The second-order valence-electron chi connectivity index (χ2n) is 9.16. The zero-order chi connectivity index (χ0) is 21.1. The molecule has 0 radical (unpaired) electrons. The lowest BCUT2D eigenvalue weighted by Gasteiger charge is -2.34. The van der Waals surface area contributed by atoms with Gasteiger partial charge in [0.1, 0.15) is 0 Å². The molecule has 1 aliphatic heterocycles. The third-order valence-corrected chi connectivity index (χ3v) is 7.05. The van der Waals surface area contributed by atoms with Gasteiger partial charge in [-0.2, -0.15) is 0 Å². The number of aliphatic hydroxyl groups is 1. The summed E-state index contributed by atoms with van der Waals surface area (Å²) in [6, 6.07) is 12.3. The molecule has 4 rings (SSSR count). The Labute approximate surface area is 180 Å². The molecule has 1 N–H and O–H groups in total. The van der Waals surface area contributed by atoms with E-state index in [9.17, 15) is 5.11 Å². The van der Waals surface area contributed by atoms with Crippen LogP contribution in [-0.2, 0) is 6.54 Å². The van der Waals surface area contributed by atoms with Gasteiger partial charge in [-0.3, -0.25) is 9.88 Å². The first-order valence-corrected chi connectivity index (χ1v) is 11.1. The number of nitrogens with zero attached hydrogens (tertiary/aromatic N) is 2. The lowest BCUT2D eigenvalue weighted by atomic mass is 9.72. The Morgan fingerprint density at radius 2 is 2.00 bits per heavy atom. The van der Waals surface area contributed by atoms with Crippen LogP contribution in [0.3, 0.4) is 0 Å². The zero-order valence-electron chi connectivity index (χ0n) is 18.4. The summed E-state index contributed by atoms with van der Waals surface area (Å²) in [5.41, 5.74) is 2.02. The van der Waals surface area contributed by atoms with Crippen LogP contribution >= 0.6 is 0 Å². The second kappa shape index (κ2) is 8.94. The highest BCUT2D eigenvalue weighted by Gasteiger charge is 2.47. The van der Waals surface area contributed by atoms with E-state index in [0.29, 0.717) is 0 Å². The molecule has 0 bridgehead atoms. The van der Waals surface area contributed by atoms with E-state index < -0.39 is 6.10 Å². The van der Waals surface area contributed by atoms with Gasteiger partial charge in [0.05, 0.1) is 25.0 Å². The summed E-state index contributed by atoms with van der Waals surface area (Å²) in [5, 5.41) is 10.7. The van der Waals surface area contributed by atoms with Crippen molar-refractivity contribution in [2.45, 2.75) is 64.2 Å². The molecule has 1 aromatic heterocycles. The smallest absolute Gasteiger partial charge is 0.161 e. The van der Waals surface area contributed by atoms with Crippen LogP contribution in [0, 0.1) is 5.41 Å². The summed E-state index contributed by atoms with van der Waals surface area (Å²) in [6.45, 7) is 6.62. The predicted molar refractivity (Wildman–Crippen MR) is 118 cm³/mol. The predicted octanol–water partition coefficient (Wildman–Crippen LogP) is 4.40. The van der Waals surface area contributed by atoms with Gasteiger partial charge in [0, 0.05) is 37.2 Å². The maximum atomic E-state index is 10.7. The van der Waals surface area contributed by atoms with E-state index in [2.05, 4.69) is 35.0 Å². The molecule has 30 heavy (non-hydrogen) atoms. The number of methoxy groups -OCH3 is 1. The second-order valence-corrected chi connectivity index (χ2v) is 9.16. The number of aromatic nitrogens is 1. The minimum absolute atomic E-state index is 0.207. The van der Waals surface area contributed by atoms with Crippen molar-refractivity contribution in [1.29, 1.82) is 0 Å². The Hall–Kier alpha value is -2.11. The van der Waals surface area contributed by atoms with Crippen molar-refractivity contribution in [1.82, 2.24) is 9.88 Å². The van der Waals surface area contributed by atoms with E-state index in [1.54, 1.807) is 7.11 Å². The van der Waals surface area contributed by atoms with E-state index in [-0.39, 0.29) is 17.4 Å². The summed E-state index contributed by atoms with van der Waals surface area (Å²) >= 11 is 0. The minimum atomic E-state index is -0.419. The van der Waals surface area contributed by atoms with Crippen LogP contribution in [0.5, 0.6) is 11.5 Å². The topological polar surface area (TPSA) is 54.8 Å². The van der Waals surface area contributed by atoms with Crippen molar-refractivity contribution in [3.05, 3.63) is 53.9 Å². The molecule has 1 aromatic carbocycles. The summed E-state index contributed by atoms with van der Waals surface area (Å²) in [7, 11) is 1.70. The largest absolute Gasteiger partial charge is 0.493 e. The van der Waals surface area contributed by atoms with Crippen LogP contribution in [0.15, 0.2) is 42.6 Å². The van der Waals surface area contributed by atoms with E-state index >= 15 is 0 Å². The molecule has 3 atom stereocenters. The zero-order valence-corrected chi connectivity index (χ0v) is 18.4. The van der Waals surface area contributed by atoms with Crippen LogP contribution in [0.2, 0.25) is 0 Å². The number of hydrogen-bond donors (Lipinski definition) is 1. The van der Waals surface area contributed by atoms with Crippen LogP contribution in [0.4, 0.5) is 0 Å². The highest BCUT2D eigenvalue weighted by Crippen LogP contribution is 2.47. The first-order valence-electron chi connectivity index (χ1n) is 11.1. The van der Waals surface area contributed by atoms with Crippen LogP contribution in [0.1, 0.15) is 56.7 Å². The molecule has 0 unspecified atom stereocenters. The van der Waals surface area contributed by atoms with Crippen molar-refractivity contribution in [3.63, 3.8) is 0 Å². The molecular weight excluding hydrogens is 376 g/mol. The molecule has 5 nitrogen and oxygen atoms in total. The first kappa shape index (κ1) is 21.1. The van der Waals surface area contributed by atoms with E-state index in [1.165, 1.54) is 18.4 Å². The monoisotopic (exact) mass is 410 g/mol. The Bertz CT molecular complexity index is 836. The fourth-order valence-corrected chi connectivity index (χ4v) is 5.06. The number of benzene rings is 1. The lowest BCUT2D eigenvalue weighted by Crippen LogP contribution is -2.37. The molecule has 2 aromatic rings. The quantitative estimate of drug-likeness (QED) is 0.733. The van der Waals surface area contributed by atoms with Gasteiger partial charge < -0.3 is 14.6 Å². The van der Waals surface area contributed by atoms with Gasteiger partial charge in [0.15, 0.2) is 11.5 Å². The average molecular weight is 411 g/mol. The number of hydrogen-bond acceptors (Lipinski definition) is 5. The van der Waals surface area contributed by atoms with E-state index in [0.717, 1.165) is 49.7 Å². The molecular formula is C25H34N2O3. The lowest BCUT2D eigenvalue weighted by molar-refractivity contribution is 0.0473. The third-order valence-electron chi connectivity index (χ3n) is 7.05. The average Bonchev–Trinajstić information content (AvgIpc) is 3.37. The normalized spacial score (nSPS) is 26.1. The summed E-state index contributed by atoms with van der Waals surface area (Å²) in [5.74, 6) is 1.82. The molecule has 2 heterocycles. The molecule has 162 valence electrons. The van der Waals surface area contributed by atoms with Gasteiger partial charge in [-0.1, -0.05) is 19.1 Å². The highest BCUT2D eigenvalue weighted by atomic mass is 16.5. The van der Waals surface area contributed by atoms with Gasteiger partial charge in [-0.05, 0) is 62.4 Å². The molecule has 2 fully saturated rings. The van der Waals surface area contributed by atoms with Gasteiger partial charge in [0.25, 0.3) is 0 Å². The van der Waals surface area contributed by atoms with Crippen LogP contribution in [-0.4, -0.2) is 47.4 Å². The van der Waals surface area contributed by atoms with Crippen molar-refractivity contribution in [2.24, 2.45) is 5.41 Å². The maximum absolute atomic E-state index is 10.7. The summed E-state index contributed by atoms with van der Waals surface area (Å²) < 4.78 is 11.9. The summed E-state index contributed by atoms with van der Waals surface area (Å²) in [6.07, 6.45) is 6.39. The molecule has 2 aliphatic rings. The summed E-state index contributed by atoms with van der Waals surface area (Å²) in [4.78, 5) is 6.89. The van der Waals surface area contributed by atoms with E-state index in [1.807, 2.05) is 31.3 Å². The first-order chi connectivity index (χ1) is 14.5. The Morgan fingerprint density at radius 1 is 1.20 bits per heavy atom. The third kappa shape index (κ3) is 4.33. The Kier molecular flexibility index (Phi) is 6.30. The standard InChI is InChI=1S/C25H34N2O3/c1-18(28)25(2)17-27(15-20-8-6-7-13-26-20)16-22(25)19-11-12-23(29-3)24(14-19)30-21-9-4-5-10-21/h6-8,11-14,18,21-22,28H,4-5,9-10,15-17H2,1-3H3/t18-,22-,25-/m0/s1. The molecule has 1 saturated carbocycles. The number of rotatable bonds is 7. The van der Waals surface area contributed by atoms with Crippen molar-refractivity contribution < 1.29 is 14.6 Å². The number of aliphatic hydroxyl groups excluding tert-OH is 1. The SMILES string of the molecule is COc1ccc([C@@H]2CN(Cc3ccccn3)C[C@@]2(C)[C@H](C)O)cc1OC1CCCC1. The van der Waals surface area contributed by atoms with Crippen molar-refractivity contribution in [3.8, 4) is 11.5 Å². The fourth-order valence-electron chi connectivity index (χ4n) is 5.06. The fraction of sp³-hybridized carbons (Fsp3) is 0.560. The van der Waals surface area contributed by atoms with Crippen LogP contribution < -0.4 is 9.47 Å². The Balaban J connectivity index is 1.59. The van der Waals surface area contributed by atoms with Crippen molar-refractivity contribution >= 4 is 0 Å². The van der Waals surface area contributed by atoms with E-state index in [4.69, 9.17) is 9.47 Å². The van der Waals surface area contributed by atoms with Crippen molar-refractivity contribution in [2.75, 3.05) is 20.2 Å². The number of pyridine rings is 1. The van der Waals surface area contributed by atoms with Gasteiger partial charge >= 0.3 is 0 Å². The number of ether oxygens (including phenoxy) is 2. The molecule has 0 spiro atoms. The maximum Gasteiger partial charge on any atom is 0.161 e. The molecule has 0 amide bonds.